The average molecular weight is 213 g/mol. The fourth-order valence-corrected chi connectivity index (χ4v) is 2.62. The van der Waals surface area contributed by atoms with Crippen molar-refractivity contribution in [1.29, 1.82) is 0 Å². The van der Waals surface area contributed by atoms with Crippen molar-refractivity contribution in [1.82, 2.24) is 0 Å². The molecular weight excluding hydrogens is 190 g/mol. The molecule has 0 aromatic rings. The van der Waals surface area contributed by atoms with Crippen LogP contribution in [-0.4, -0.2) is 32.0 Å². The lowest BCUT2D eigenvalue weighted by atomic mass is 10.1. The van der Waals surface area contributed by atoms with Crippen molar-refractivity contribution < 1.29 is 9.47 Å². The highest BCUT2D eigenvalue weighted by molar-refractivity contribution is 4.74. The monoisotopic (exact) mass is 213 g/mol. The van der Waals surface area contributed by atoms with Gasteiger partial charge in [0, 0.05) is 13.2 Å². The van der Waals surface area contributed by atoms with Gasteiger partial charge in [-0.2, -0.15) is 0 Å². The number of rotatable bonds is 5. The zero-order valence-electron chi connectivity index (χ0n) is 9.49. The van der Waals surface area contributed by atoms with Crippen LogP contribution in [0.15, 0.2) is 0 Å². The lowest BCUT2D eigenvalue weighted by molar-refractivity contribution is -0.0195. The molecule has 0 radical (unpaired) electrons. The molecule has 88 valence electrons. The van der Waals surface area contributed by atoms with Gasteiger partial charge in [-0.3, -0.25) is 0 Å². The van der Waals surface area contributed by atoms with Crippen LogP contribution in [0.4, 0.5) is 0 Å². The predicted molar refractivity (Wildman–Crippen MR) is 59.7 cm³/mol. The van der Waals surface area contributed by atoms with Gasteiger partial charge in [-0.05, 0) is 31.6 Å². The van der Waals surface area contributed by atoms with Gasteiger partial charge in [-0.1, -0.05) is 12.8 Å². The van der Waals surface area contributed by atoms with Crippen LogP contribution < -0.4 is 5.73 Å². The Morgan fingerprint density at radius 2 is 1.73 bits per heavy atom. The number of hydrogen-bond donors (Lipinski definition) is 1. The van der Waals surface area contributed by atoms with E-state index < -0.39 is 0 Å². The second-order valence-corrected chi connectivity index (χ2v) is 4.88. The maximum atomic E-state index is 5.73. The molecule has 3 heteroatoms. The van der Waals surface area contributed by atoms with Crippen molar-refractivity contribution in [2.24, 2.45) is 11.7 Å². The Bertz CT molecular complexity index is 180. The van der Waals surface area contributed by atoms with Crippen molar-refractivity contribution in [3.63, 3.8) is 0 Å². The second kappa shape index (κ2) is 5.83. The fourth-order valence-electron chi connectivity index (χ4n) is 2.62. The summed E-state index contributed by atoms with van der Waals surface area (Å²) in [4.78, 5) is 0. The zero-order chi connectivity index (χ0) is 10.5. The van der Waals surface area contributed by atoms with Gasteiger partial charge in [-0.25, -0.2) is 0 Å². The van der Waals surface area contributed by atoms with Crippen LogP contribution in [0.3, 0.4) is 0 Å². The first-order chi connectivity index (χ1) is 7.38. The molecule has 1 heterocycles. The summed E-state index contributed by atoms with van der Waals surface area (Å²) >= 11 is 0. The molecule has 2 atom stereocenters. The van der Waals surface area contributed by atoms with Crippen LogP contribution in [0.5, 0.6) is 0 Å². The molecule has 2 N–H and O–H groups in total. The summed E-state index contributed by atoms with van der Waals surface area (Å²) in [5, 5.41) is 0. The molecule has 1 aliphatic carbocycles. The van der Waals surface area contributed by atoms with E-state index in [-0.39, 0.29) is 6.10 Å². The van der Waals surface area contributed by atoms with E-state index in [2.05, 4.69) is 0 Å². The van der Waals surface area contributed by atoms with E-state index in [1.807, 2.05) is 0 Å². The summed E-state index contributed by atoms with van der Waals surface area (Å²) in [6.07, 6.45) is 8.31. The maximum absolute atomic E-state index is 5.73. The summed E-state index contributed by atoms with van der Waals surface area (Å²) in [6, 6.07) is 0. The quantitative estimate of drug-likeness (QED) is 0.756. The van der Waals surface area contributed by atoms with Crippen LogP contribution in [0, 0.1) is 5.92 Å². The highest BCUT2D eigenvalue weighted by atomic mass is 16.5. The molecule has 1 saturated heterocycles. The molecule has 2 rings (SSSR count). The van der Waals surface area contributed by atoms with E-state index in [4.69, 9.17) is 15.2 Å². The van der Waals surface area contributed by atoms with Crippen LogP contribution in [0.2, 0.25) is 0 Å². The molecule has 0 bridgehead atoms. The topological polar surface area (TPSA) is 44.5 Å². The molecule has 0 aromatic heterocycles. The molecule has 0 spiro atoms. The lowest BCUT2D eigenvalue weighted by Gasteiger charge is -2.14. The summed E-state index contributed by atoms with van der Waals surface area (Å²) in [5.74, 6) is 0.816. The summed E-state index contributed by atoms with van der Waals surface area (Å²) in [5.41, 5.74) is 5.56. The number of ether oxygens (including phenoxy) is 2. The Hall–Kier alpha value is -0.120. The smallest absolute Gasteiger partial charge is 0.0813 e. The highest BCUT2D eigenvalue weighted by Gasteiger charge is 2.24. The van der Waals surface area contributed by atoms with E-state index in [0.717, 1.165) is 32.0 Å². The first-order valence-electron chi connectivity index (χ1n) is 6.31. The van der Waals surface area contributed by atoms with Crippen LogP contribution in [0.1, 0.15) is 38.5 Å². The Morgan fingerprint density at radius 1 is 1.00 bits per heavy atom. The van der Waals surface area contributed by atoms with E-state index in [9.17, 15) is 0 Å². The zero-order valence-corrected chi connectivity index (χ0v) is 9.49. The summed E-state index contributed by atoms with van der Waals surface area (Å²) < 4.78 is 11.5. The molecular formula is C12H23NO2. The molecule has 0 aromatic carbocycles. The molecule has 0 amide bonds. The predicted octanol–water partition coefficient (Wildman–Crippen LogP) is 1.70. The maximum Gasteiger partial charge on any atom is 0.0813 e. The summed E-state index contributed by atoms with van der Waals surface area (Å²) in [7, 11) is 0. The average Bonchev–Trinajstić information content (AvgIpc) is 2.88. The van der Waals surface area contributed by atoms with Gasteiger partial charge in [0.2, 0.25) is 0 Å². The molecule has 1 aliphatic heterocycles. The number of hydrogen-bond acceptors (Lipinski definition) is 3. The van der Waals surface area contributed by atoms with Gasteiger partial charge in [-0.15, -0.1) is 0 Å². The third kappa shape index (κ3) is 3.44. The van der Waals surface area contributed by atoms with Crippen LogP contribution in [0.25, 0.3) is 0 Å². The molecule has 1 saturated carbocycles. The Kier molecular flexibility index (Phi) is 4.42. The minimum absolute atomic E-state index is 0.282. The van der Waals surface area contributed by atoms with Crippen molar-refractivity contribution in [2.45, 2.75) is 50.7 Å². The normalized spacial score (nSPS) is 32.6. The third-order valence-corrected chi connectivity index (χ3v) is 3.59. The van der Waals surface area contributed by atoms with E-state index >= 15 is 0 Å². The second-order valence-electron chi connectivity index (χ2n) is 4.88. The van der Waals surface area contributed by atoms with Gasteiger partial charge < -0.3 is 15.2 Å². The molecule has 2 unspecified atom stereocenters. The molecule has 2 fully saturated rings. The van der Waals surface area contributed by atoms with Gasteiger partial charge in [0.15, 0.2) is 0 Å². The Balaban J connectivity index is 1.54. The first-order valence-corrected chi connectivity index (χ1v) is 6.31. The Morgan fingerprint density at radius 3 is 2.40 bits per heavy atom. The van der Waals surface area contributed by atoms with Crippen molar-refractivity contribution in [2.75, 3.05) is 19.8 Å². The van der Waals surface area contributed by atoms with Crippen LogP contribution in [-0.2, 0) is 9.47 Å². The lowest BCUT2D eigenvalue weighted by Crippen LogP contribution is -2.23. The van der Waals surface area contributed by atoms with Crippen LogP contribution >= 0.6 is 0 Å². The largest absolute Gasteiger partial charge is 0.378 e. The van der Waals surface area contributed by atoms with Crippen molar-refractivity contribution >= 4 is 0 Å². The van der Waals surface area contributed by atoms with Gasteiger partial charge >= 0.3 is 0 Å². The SMILES string of the molecule is NCC1CCC(COCC2CCCC2)O1. The molecule has 3 nitrogen and oxygen atoms in total. The standard InChI is InChI=1S/C12H23NO2/c13-7-11-5-6-12(15-11)9-14-8-10-3-1-2-4-10/h10-12H,1-9,13H2. The number of nitrogens with two attached hydrogens (primary N) is 1. The first kappa shape index (κ1) is 11.4. The van der Waals surface area contributed by atoms with E-state index in [0.29, 0.717) is 12.6 Å². The third-order valence-electron chi connectivity index (χ3n) is 3.59. The van der Waals surface area contributed by atoms with Gasteiger partial charge in [0.25, 0.3) is 0 Å². The fraction of sp³-hybridized carbons (Fsp3) is 1.00. The molecule has 15 heavy (non-hydrogen) atoms. The van der Waals surface area contributed by atoms with Gasteiger partial charge in [0.1, 0.15) is 0 Å². The van der Waals surface area contributed by atoms with Crippen molar-refractivity contribution in [3.05, 3.63) is 0 Å². The molecule has 2 aliphatic rings. The highest BCUT2D eigenvalue weighted by Crippen LogP contribution is 2.25. The summed E-state index contributed by atoms with van der Waals surface area (Å²) in [6.45, 7) is 2.36. The Labute approximate surface area is 92.3 Å². The van der Waals surface area contributed by atoms with E-state index in [1.54, 1.807) is 0 Å². The minimum Gasteiger partial charge on any atom is -0.378 e. The minimum atomic E-state index is 0.282. The van der Waals surface area contributed by atoms with Gasteiger partial charge in [0.05, 0.1) is 18.8 Å². The van der Waals surface area contributed by atoms with E-state index in [1.165, 1.54) is 25.7 Å². The van der Waals surface area contributed by atoms with Crippen molar-refractivity contribution in [3.8, 4) is 0 Å².